The Bertz CT molecular complexity index is 775. The van der Waals surface area contributed by atoms with Crippen LogP contribution in [-0.2, 0) is 20.5 Å². The predicted octanol–water partition coefficient (Wildman–Crippen LogP) is 2.08. The first-order chi connectivity index (χ1) is 11.2. The number of hydrogen-bond acceptors (Lipinski definition) is 3. The van der Waals surface area contributed by atoms with Crippen LogP contribution in [0, 0.1) is 11.8 Å². The number of benzene rings is 1. The Balaban J connectivity index is 1.72. The Morgan fingerprint density at radius 3 is 2.79 bits per heavy atom. The molecule has 1 amide bonds. The van der Waals surface area contributed by atoms with Crippen LogP contribution in [0.2, 0.25) is 0 Å². The van der Waals surface area contributed by atoms with E-state index in [1.807, 2.05) is 0 Å². The van der Waals surface area contributed by atoms with Crippen molar-refractivity contribution in [1.82, 2.24) is 0 Å². The summed E-state index contributed by atoms with van der Waals surface area (Å²) in [6, 6.07) is 4.43. The van der Waals surface area contributed by atoms with Gasteiger partial charge in [0, 0.05) is 5.69 Å². The third-order valence-corrected chi connectivity index (χ3v) is 4.87. The fraction of sp³-hybridized carbons (Fsp3) is 0.375. The van der Waals surface area contributed by atoms with Crippen LogP contribution in [0.3, 0.4) is 0 Å². The van der Waals surface area contributed by atoms with E-state index in [1.165, 1.54) is 17.0 Å². The molecule has 2 saturated heterocycles. The van der Waals surface area contributed by atoms with Gasteiger partial charge in [-0.05, 0) is 18.2 Å². The summed E-state index contributed by atoms with van der Waals surface area (Å²) in [6.45, 7) is 0.00852. The van der Waals surface area contributed by atoms with Gasteiger partial charge < -0.3 is 14.7 Å². The Labute approximate surface area is 134 Å². The van der Waals surface area contributed by atoms with Gasteiger partial charge in [0.25, 0.3) is 0 Å². The zero-order valence-electron chi connectivity index (χ0n) is 12.2. The highest BCUT2D eigenvalue weighted by Gasteiger charge is 2.67. The van der Waals surface area contributed by atoms with E-state index in [1.54, 1.807) is 12.2 Å². The number of carbonyl (C=O) groups is 2. The first-order valence-electron chi connectivity index (χ1n) is 7.32. The van der Waals surface area contributed by atoms with Gasteiger partial charge in [-0.3, -0.25) is 9.59 Å². The molecule has 4 rings (SSSR count). The zero-order chi connectivity index (χ0) is 17.3. The number of halogens is 3. The number of nitrogens with zero attached hydrogens (tertiary/aromatic N) is 1. The second-order valence-electron chi connectivity index (χ2n) is 6.21. The van der Waals surface area contributed by atoms with Crippen molar-refractivity contribution >= 4 is 17.6 Å². The molecule has 0 unspecified atom stereocenters. The van der Waals surface area contributed by atoms with Crippen LogP contribution in [-0.4, -0.2) is 35.2 Å². The number of anilines is 1. The fourth-order valence-electron chi connectivity index (χ4n) is 3.85. The molecule has 3 aliphatic rings. The molecule has 5 nitrogen and oxygen atoms in total. The Kier molecular flexibility index (Phi) is 2.91. The summed E-state index contributed by atoms with van der Waals surface area (Å²) in [5, 5.41) is 9.37. The van der Waals surface area contributed by atoms with E-state index >= 15 is 0 Å². The number of rotatable bonds is 2. The van der Waals surface area contributed by atoms with Crippen LogP contribution in [0.1, 0.15) is 5.56 Å². The summed E-state index contributed by atoms with van der Waals surface area (Å²) in [5.41, 5.74) is -1.85. The van der Waals surface area contributed by atoms with Crippen LogP contribution < -0.4 is 4.90 Å². The van der Waals surface area contributed by atoms with Gasteiger partial charge >= 0.3 is 12.1 Å². The number of fused-ring (bicyclic) bond motifs is 1. The molecular weight excluding hydrogens is 327 g/mol. The van der Waals surface area contributed by atoms with E-state index in [0.29, 0.717) is 0 Å². The molecule has 1 aromatic carbocycles. The molecule has 3 heterocycles. The summed E-state index contributed by atoms with van der Waals surface area (Å²) in [5.74, 6) is -3.60. The summed E-state index contributed by atoms with van der Waals surface area (Å²) >= 11 is 0. The SMILES string of the molecule is O=C(O)[C@@H]1[C@H]2C(=O)N(c3cccc(C(F)(F)F)c3)C[C@]23C=C[C@H]1O3. The first-order valence-corrected chi connectivity index (χ1v) is 7.32. The standard InChI is InChI=1S/C16H12F3NO4/c17-16(18,19)8-2-1-3-9(6-8)20-7-15-5-4-10(24-15)11(14(22)23)12(15)13(20)21/h1-6,10-12H,7H2,(H,22,23)/t10-,11+,12+,15-/m1/s1. The molecule has 0 aliphatic carbocycles. The maximum absolute atomic E-state index is 12.9. The van der Waals surface area contributed by atoms with Gasteiger partial charge in [-0.1, -0.05) is 18.2 Å². The Hall–Kier alpha value is -2.35. The molecule has 1 aromatic rings. The molecule has 2 fully saturated rings. The Morgan fingerprint density at radius 2 is 2.12 bits per heavy atom. The van der Waals surface area contributed by atoms with E-state index in [9.17, 15) is 27.9 Å². The molecule has 8 heteroatoms. The van der Waals surface area contributed by atoms with Crippen molar-refractivity contribution in [3.63, 3.8) is 0 Å². The Morgan fingerprint density at radius 1 is 1.38 bits per heavy atom. The minimum atomic E-state index is -4.52. The number of ether oxygens (including phenoxy) is 1. The van der Waals surface area contributed by atoms with E-state index in [4.69, 9.17) is 4.74 Å². The monoisotopic (exact) mass is 339 g/mol. The van der Waals surface area contributed by atoms with Gasteiger partial charge in [-0.2, -0.15) is 13.2 Å². The fourth-order valence-corrected chi connectivity index (χ4v) is 3.85. The maximum Gasteiger partial charge on any atom is 0.416 e. The quantitative estimate of drug-likeness (QED) is 0.838. The molecular formula is C16H12F3NO4. The van der Waals surface area contributed by atoms with E-state index < -0.39 is 47.2 Å². The lowest BCUT2D eigenvalue weighted by Gasteiger charge is -2.22. The smallest absolute Gasteiger partial charge is 0.416 e. The van der Waals surface area contributed by atoms with Crippen LogP contribution >= 0.6 is 0 Å². The average molecular weight is 339 g/mol. The topological polar surface area (TPSA) is 66.8 Å². The van der Waals surface area contributed by atoms with Gasteiger partial charge in [0.1, 0.15) is 11.5 Å². The van der Waals surface area contributed by atoms with Crippen LogP contribution in [0.25, 0.3) is 0 Å². The maximum atomic E-state index is 12.9. The van der Waals surface area contributed by atoms with Crippen molar-refractivity contribution in [3.05, 3.63) is 42.0 Å². The van der Waals surface area contributed by atoms with Crippen molar-refractivity contribution in [2.24, 2.45) is 11.8 Å². The number of alkyl halides is 3. The second kappa shape index (κ2) is 4.60. The van der Waals surface area contributed by atoms with Gasteiger partial charge in [0.15, 0.2) is 0 Å². The summed E-state index contributed by atoms with van der Waals surface area (Å²) in [6.07, 6.45) is -1.92. The number of amides is 1. The van der Waals surface area contributed by atoms with Crippen molar-refractivity contribution in [2.75, 3.05) is 11.4 Å². The van der Waals surface area contributed by atoms with Crippen molar-refractivity contribution in [3.8, 4) is 0 Å². The molecule has 126 valence electrons. The highest BCUT2D eigenvalue weighted by molar-refractivity contribution is 6.02. The molecule has 0 aromatic heterocycles. The molecule has 24 heavy (non-hydrogen) atoms. The normalized spacial score (nSPS) is 34.0. The number of carboxylic acids is 1. The predicted molar refractivity (Wildman–Crippen MR) is 75.2 cm³/mol. The summed E-state index contributed by atoms with van der Waals surface area (Å²) in [4.78, 5) is 25.4. The van der Waals surface area contributed by atoms with Crippen LogP contribution in [0.15, 0.2) is 36.4 Å². The molecule has 3 aliphatic heterocycles. The van der Waals surface area contributed by atoms with Crippen LogP contribution in [0.5, 0.6) is 0 Å². The second-order valence-corrected chi connectivity index (χ2v) is 6.21. The molecule has 1 spiro atoms. The van der Waals surface area contributed by atoms with Gasteiger partial charge in [0.05, 0.1) is 24.1 Å². The molecule has 0 saturated carbocycles. The molecule has 1 N–H and O–H groups in total. The van der Waals surface area contributed by atoms with Crippen LogP contribution in [0.4, 0.5) is 18.9 Å². The minimum Gasteiger partial charge on any atom is -0.481 e. The third-order valence-electron chi connectivity index (χ3n) is 4.87. The lowest BCUT2D eigenvalue weighted by Crippen LogP contribution is -2.39. The average Bonchev–Trinajstić information content (AvgIpc) is 3.15. The molecule has 4 atom stereocenters. The summed E-state index contributed by atoms with van der Waals surface area (Å²) < 4.78 is 44.3. The minimum absolute atomic E-state index is 0.00852. The highest BCUT2D eigenvalue weighted by Crippen LogP contribution is 2.52. The van der Waals surface area contributed by atoms with Gasteiger partial charge in [-0.15, -0.1) is 0 Å². The van der Waals surface area contributed by atoms with Crippen molar-refractivity contribution in [1.29, 1.82) is 0 Å². The molecule has 0 radical (unpaired) electrons. The number of carboxylic acid groups (broad SMARTS) is 1. The van der Waals surface area contributed by atoms with E-state index in [-0.39, 0.29) is 12.2 Å². The number of carbonyl (C=O) groups excluding carboxylic acids is 1. The van der Waals surface area contributed by atoms with Crippen molar-refractivity contribution in [2.45, 2.75) is 17.9 Å². The lowest BCUT2D eigenvalue weighted by atomic mass is 9.77. The summed E-state index contributed by atoms with van der Waals surface area (Å²) in [7, 11) is 0. The first kappa shape index (κ1) is 15.2. The number of aliphatic carboxylic acids is 1. The largest absolute Gasteiger partial charge is 0.481 e. The zero-order valence-corrected chi connectivity index (χ0v) is 12.2. The van der Waals surface area contributed by atoms with Gasteiger partial charge in [-0.25, -0.2) is 0 Å². The van der Waals surface area contributed by atoms with Crippen molar-refractivity contribution < 1.29 is 32.6 Å². The molecule has 2 bridgehead atoms. The lowest BCUT2D eigenvalue weighted by molar-refractivity contribution is -0.146. The van der Waals surface area contributed by atoms with E-state index in [0.717, 1.165) is 12.1 Å². The van der Waals surface area contributed by atoms with Gasteiger partial charge in [0.2, 0.25) is 5.91 Å². The highest BCUT2D eigenvalue weighted by atomic mass is 19.4. The third kappa shape index (κ3) is 1.92. The number of hydrogen-bond donors (Lipinski definition) is 1. The van der Waals surface area contributed by atoms with E-state index in [2.05, 4.69) is 0 Å².